The zero-order valence-corrected chi connectivity index (χ0v) is 11.7. The van der Waals surface area contributed by atoms with Crippen molar-refractivity contribution in [3.63, 3.8) is 0 Å². The van der Waals surface area contributed by atoms with E-state index in [0.717, 1.165) is 0 Å². The van der Waals surface area contributed by atoms with Crippen molar-refractivity contribution in [2.45, 2.75) is 15.3 Å². The number of rotatable bonds is 2. The molecule has 0 aromatic heterocycles. The first-order chi connectivity index (χ1) is 10.1. The van der Waals surface area contributed by atoms with Crippen LogP contribution in [0.3, 0.4) is 0 Å². The topological polar surface area (TPSA) is 0 Å². The Labute approximate surface area is 125 Å². The van der Waals surface area contributed by atoms with Crippen molar-refractivity contribution >= 4 is 18.1 Å². The molecule has 0 fully saturated rings. The van der Waals surface area contributed by atoms with Crippen molar-refractivity contribution in [3.8, 4) is 0 Å². The van der Waals surface area contributed by atoms with Gasteiger partial charge < -0.3 is 17.3 Å². The largest absolute Gasteiger partial charge is 0.673 e. The van der Waals surface area contributed by atoms with E-state index in [1.54, 1.807) is 36.4 Å². The molecule has 2 rings (SSSR count). The Hall–Kier alpha value is -1.64. The summed E-state index contributed by atoms with van der Waals surface area (Å²) >= 11 is 0. The number of hydrogen-bond donors (Lipinski definition) is 0. The molecule has 2 aromatic carbocycles. The molecule has 0 nitrogen and oxygen atoms in total. The molecule has 0 amide bonds. The van der Waals surface area contributed by atoms with Crippen LogP contribution in [0.15, 0.2) is 70.5 Å². The number of benzene rings is 2. The van der Waals surface area contributed by atoms with Gasteiger partial charge >= 0.3 is 12.8 Å². The lowest BCUT2D eigenvalue weighted by Crippen LogP contribution is -2.24. The van der Waals surface area contributed by atoms with Crippen LogP contribution in [0.2, 0.25) is 0 Å². The minimum absolute atomic E-state index is 0.297. The normalized spacial score (nSPS) is 11.8. The van der Waals surface area contributed by atoms with Gasteiger partial charge in [0.2, 0.25) is 0 Å². The average Bonchev–Trinajstić information content (AvgIpc) is 2.38. The van der Waals surface area contributed by atoms with Gasteiger partial charge in [0.15, 0.2) is 20.7 Å². The third kappa shape index (κ3) is 6.88. The molecule has 0 aliphatic rings. The van der Waals surface area contributed by atoms with E-state index in [1.165, 1.54) is 24.3 Å². The summed E-state index contributed by atoms with van der Waals surface area (Å²) in [5.41, 5.74) is -4.25. The van der Waals surface area contributed by atoms with Gasteiger partial charge in [0.25, 0.3) is 0 Å². The van der Waals surface area contributed by atoms with Crippen molar-refractivity contribution in [1.29, 1.82) is 0 Å². The van der Waals surface area contributed by atoms with Crippen LogP contribution in [0.1, 0.15) is 0 Å². The molecule has 9 heteroatoms. The van der Waals surface area contributed by atoms with E-state index in [4.69, 9.17) is 0 Å². The van der Waals surface area contributed by atoms with Crippen LogP contribution in [-0.4, -0.2) is 12.8 Å². The third-order valence-corrected chi connectivity index (χ3v) is 4.14. The number of hydrogen-bond acceptors (Lipinski definition) is 0. The molecule has 2 aromatic rings. The fourth-order valence-corrected chi connectivity index (χ4v) is 3.18. The van der Waals surface area contributed by atoms with Crippen LogP contribution >= 0.6 is 0 Å². The molecule has 0 saturated carbocycles. The van der Waals surface area contributed by atoms with Crippen molar-refractivity contribution in [1.82, 2.24) is 0 Å². The molecule has 0 radical (unpaired) electrons. The minimum Gasteiger partial charge on any atom is -0.418 e. The van der Waals surface area contributed by atoms with Gasteiger partial charge in [-0.1, -0.05) is 36.4 Å². The Morgan fingerprint density at radius 2 is 0.909 bits per heavy atom. The highest BCUT2D eigenvalue weighted by atomic mass is 32.2. The van der Waals surface area contributed by atoms with E-state index in [-0.39, 0.29) is 0 Å². The van der Waals surface area contributed by atoms with Gasteiger partial charge in [-0.25, -0.2) is 0 Å². The Bertz CT molecular complexity index is 509. The number of alkyl halides is 3. The lowest BCUT2D eigenvalue weighted by molar-refractivity contribution is -0.0370. The fourth-order valence-electron chi connectivity index (χ4n) is 1.52. The van der Waals surface area contributed by atoms with Crippen molar-refractivity contribution in [2.75, 3.05) is 0 Å². The Morgan fingerprint density at radius 3 is 1.14 bits per heavy atom. The van der Waals surface area contributed by atoms with Crippen LogP contribution in [0.4, 0.5) is 30.4 Å². The fraction of sp³-hybridized carbons (Fsp3) is 0.0769. The Balaban J connectivity index is 0.000000422. The van der Waals surface area contributed by atoms with E-state index >= 15 is 0 Å². The summed E-state index contributed by atoms with van der Waals surface area (Å²) in [7, 11) is -7.87. The molecular weight excluding hydrogens is 332 g/mol. The first-order valence-corrected chi connectivity index (χ1v) is 7.10. The van der Waals surface area contributed by atoms with Gasteiger partial charge in [-0.05, 0) is 24.3 Å². The second kappa shape index (κ2) is 7.57. The van der Waals surface area contributed by atoms with Gasteiger partial charge in [0, 0.05) is 0 Å². The van der Waals surface area contributed by atoms with Crippen molar-refractivity contribution < 1.29 is 30.4 Å². The highest BCUT2D eigenvalue weighted by Gasteiger charge is 2.54. The van der Waals surface area contributed by atoms with Gasteiger partial charge in [0.1, 0.15) is 0 Å². The summed E-state index contributed by atoms with van der Waals surface area (Å²) in [6.07, 6.45) is 0. The molecule has 0 bridgehead atoms. The second-order valence-corrected chi connectivity index (χ2v) is 5.89. The average molecular weight is 342 g/mol. The lowest BCUT2D eigenvalue weighted by Gasteiger charge is -2.09. The van der Waals surface area contributed by atoms with Crippen LogP contribution in [0.5, 0.6) is 0 Å². The SMILES string of the molecule is FC(F)(F)[S+](c1ccccc1)c1ccccc1.F[B-](F)(F)F. The van der Waals surface area contributed by atoms with Crippen molar-refractivity contribution in [2.24, 2.45) is 0 Å². The maximum atomic E-state index is 13.1. The summed E-state index contributed by atoms with van der Waals surface area (Å²) < 4.78 is 78.3. The Morgan fingerprint density at radius 1 is 0.636 bits per heavy atom. The first kappa shape index (κ1) is 18.4. The van der Waals surface area contributed by atoms with Crippen LogP contribution in [-0.2, 0) is 10.9 Å². The second-order valence-electron chi connectivity index (χ2n) is 3.87. The van der Waals surface area contributed by atoms with E-state index in [1.807, 2.05) is 0 Å². The standard InChI is InChI=1S/C13H10F3S.BF4/c14-13(15,16)17(11-7-3-1-4-8-11)12-9-5-2-6-10-12;2-1(3,4)5/h1-10H;/q+1;-1. The first-order valence-electron chi connectivity index (χ1n) is 5.87. The highest BCUT2D eigenvalue weighted by Crippen LogP contribution is 2.37. The molecule has 22 heavy (non-hydrogen) atoms. The van der Waals surface area contributed by atoms with Gasteiger partial charge in [-0.15, -0.1) is 13.2 Å². The number of halogens is 7. The predicted octanol–water partition coefficient (Wildman–Crippen LogP) is 5.54. The lowest BCUT2D eigenvalue weighted by atomic mass is 10.3. The molecular formula is C13H10BF7S. The molecule has 0 aliphatic carbocycles. The quantitative estimate of drug-likeness (QED) is 0.382. The van der Waals surface area contributed by atoms with Gasteiger partial charge in [-0.2, -0.15) is 0 Å². The van der Waals surface area contributed by atoms with Gasteiger partial charge in [0.05, 0.1) is 0 Å². The van der Waals surface area contributed by atoms with E-state index in [9.17, 15) is 30.4 Å². The maximum absolute atomic E-state index is 13.1. The summed E-state index contributed by atoms with van der Waals surface area (Å²) in [5.74, 6) is 0. The van der Waals surface area contributed by atoms with Crippen molar-refractivity contribution in [3.05, 3.63) is 60.7 Å². The van der Waals surface area contributed by atoms with E-state index in [0.29, 0.717) is 9.79 Å². The summed E-state index contributed by atoms with van der Waals surface area (Å²) in [6, 6.07) is 16.0. The zero-order valence-electron chi connectivity index (χ0n) is 10.9. The monoisotopic (exact) mass is 342 g/mol. The Kier molecular flexibility index (Phi) is 6.34. The molecule has 0 N–H and O–H groups in total. The van der Waals surface area contributed by atoms with Gasteiger partial charge in [-0.3, -0.25) is 0 Å². The highest BCUT2D eigenvalue weighted by molar-refractivity contribution is 7.97. The maximum Gasteiger partial charge on any atom is 0.673 e. The van der Waals surface area contributed by atoms with Crippen LogP contribution < -0.4 is 0 Å². The summed E-state index contributed by atoms with van der Waals surface area (Å²) in [6.45, 7) is 0. The third-order valence-electron chi connectivity index (χ3n) is 2.19. The predicted molar refractivity (Wildman–Crippen MR) is 73.0 cm³/mol. The minimum atomic E-state index is -6.00. The van der Waals surface area contributed by atoms with E-state index in [2.05, 4.69) is 0 Å². The smallest absolute Gasteiger partial charge is 0.418 e. The molecule has 0 heterocycles. The molecule has 0 saturated heterocycles. The van der Waals surface area contributed by atoms with E-state index < -0.39 is 23.7 Å². The summed E-state index contributed by atoms with van der Waals surface area (Å²) in [5, 5.41) is 0. The molecule has 120 valence electrons. The zero-order chi connectivity index (χ0) is 16.8. The van der Waals surface area contributed by atoms with Crippen LogP contribution in [0.25, 0.3) is 0 Å². The molecule has 0 unspecified atom stereocenters. The molecule has 0 atom stereocenters. The summed E-state index contributed by atoms with van der Waals surface area (Å²) in [4.78, 5) is 0.595. The molecule has 0 spiro atoms. The molecule has 0 aliphatic heterocycles. The van der Waals surface area contributed by atoms with Crippen LogP contribution in [0, 0.1) is 0 Å².